The summed E-state index contributed by atoms with van der Waals surface area (Å²) in [6, 6.07) is 2.57. The van der Waals surface area contributed by atoms with Gasteiger partial charge in [-0.15, -0.1) is 10.2 Å². The summed E-state index contributed by atoms with van der Waals surface area (Å²) < 4.78 is 29.7. The maximum absolute atomic E-state index is 14.0. The van der Waals surface area contributed by atoms with Crippen molar-refractivity contribution in [1.82, 2.24) is 14.8 Å². The summed E-state index contributed by atoms with van der Waals surface area (Å²) in [6.45, 7) is 1.94. The molecular formula is C13H16F2N4S. The SMILES string of the molecule is CCC(N)Cc1cc(F)c(Sc2nncn2C)c(F)c1. The Balaban J connectivity index is 2.25. The van der Waals surface area contributed by atoms with E-state index in [4.69, 9.17) is 5.73 Å². The van der Waals surface area contributed by atoms with E-state index in [9.17, 15) is 8.78 Å². The summed E-state index contributed by atoms with van der Waals surface area (Å²) in [5, 5.41) is 7.91. The van der Waals surface area contributed by atoms with Crippen LogP contribution in [0.3, 0.4) is 0 Å². The molecular weight excluding hydrogens is 282 g/mol. The van der Waals surface area contributed by atoms with Crippen molar-refractivity contribution in [2.75, 3.05) is 0 Å². The highest BCUT2D eigenvalue weighted by molar-refractivity contribution is 7.99. The number of nitrogens with two attached hydrogens (primary N) is 1. The van der Waals surface area contributed by atoms with Crippen molar-refractivity contribution in [3.05, 3.63) is 35.7 Å². The van der Waals surface area contributed by atoms with E-state index in [0.29, 0.717) is 17.1 Å². The summed E-state index contributed by atoms with van der Waals surface area (Å²) in [4.78, 5) is -0.0741. The molecule has 1 heterocycles. The number of hydrogen-bond donors (Lipinski definition) is 1. The van der Waals surface area contributed by atoms with E-state index < -0.39 is 11.6 Å². The molecule has 4 nitrogen and oxygen atoms in total. The van der Waals surface area contributed by atoms with Gasteiger partial charge in [0.2, 0.25) is 0 Å². The minimum Gasteiger partial charge on any atom is -0.327 e. The summed E-state index contributed by atoms with van der Waals surface area (Å²) in [5.74, 6) is -1.20. The molecule has 7 heteroatoms. The number of rotatable bonds is 5. The third kappa shape index (κ3) is 3.34. The Kier molecular flexibility index (Phi) is 4.72. The van der Waals surface area contributed by atoms with Crippen LogP contribution >= 0.6 is 11.8 Å². The molecule has 0 saturated carbocycles. The lowest BCUT2D eigenvalue weighted by atomic mass is 10.0. The molecule has 2 N–H and O–H groups in total. The quantitative estimate of drug-likeness (QED) is 0.921. The van der Waals surface area contributed by atoms with Gasteiger partial charge >= 0.3 is 0 Å². The molecule has 0 radical (unpaired) electrons. The average Bonchev–Trinajstić information content (AvgIpc) is 2.79. The van der Waals surface area contributed by atoms with Crippen molar-refractivity contribution in [3.8, 4) is 0 Å². The Hall–Kier alpha value is -1.47. The highest BCUT2D eigenvalue weighted by atomic mass is 32.2. The van der Waals surface area contributed by atoms with Gasteiger partial charge in [-0.1, -0.05) is 6.92 Å². The van der Waals surface area contributed by atoms with Crippen LogP contribution in [0, 0.1) is 11.6 Å². The van der Waals surface area contributed by atoms with Crippen molar-refractivity contribution in [1.29, 1.82) is 0 Å². The van der Waals surface area contributed by atoms with Crippen LogP contribution in [0.1, 0.15) is 18.9 Å². The topological polar surface area (TPSA) is 56.7 Å². The second-order valence-electron chi connectivity index (χ2n) is 4.59. The molecule has 1 aromatic carbocycles. The predicted molar refractivity (Wildman–Crippen MR) is 73.5 cm³/mol. The number of aryl methyl sites for hydroxylation is 1. The Labute approximate surface area is 120 Å². The normalized spacial score (nSPS) is 12.7. The maximum Gasteiger partial charge on any atom is 0.195 e. The molecule has 0 bridgehead atoms. The molecule has 20 heavy (non-hydrogen) atoms. The van der Waals surface area contributed by atoms with Crippen LogP contribution in [0.4, 0.5) is 8.78 Å². The molecule has 0 aliphatic rings. The van der Waals surface area contributed by atoms with Gasteiger partial charge in [-0.3, -0.25) is 0 Å². The van der Waals surface area contributed by atoms with E-state index in [1.54, 1.807) is 11.6 Å². The molecule has 1 atom stereocenters. The fraction of sp³-hybridized carbons (Fsp3) is 0.385. The summed E-state index contributed by atoms with van der Waals surface area (Å²) >= 11 is 0.916. The van der Waals surface area contributed by atoms with Gasteiger partial charge in [0.15, 0.2) is 5.16 Å². The Morgan fingerprint density at radius 2 is 2.00 bits per heavy atom. The lowest BCUT2D eigenvalue weighted by Gasteiger charge is -2.11. The Morgan fingerprint density at radius 1 is 1.35 bits per heavy atom. The van der Waals surface area contributed by atoms with Crippen LogP contribution in [-0.4, -0.2) is 20.8 Å². The molecule has 0 amide bonds. The molecule has 2 rings (SSSR count). The Morgan fingerprint density at radius 3 is 2.50 bits per heavy atom. The minimum absolute atomic E-state index is 0.0741. The van der Waals surface area contributed by atoms with Gasteiger partial charge in [0.05, 0.1) is 4.90 Å². The first-order valence-electron chi connectivity index (χ1n) is 6.26. The maximum atomic E-state index is 14.0. The zero-order valence-electron chi connectivity index (χ0n) is 11.3. The third-order valence-corrected chi connectivity index (χ3v) is 4.09. The first kappa shape index (κ1) is 14.9. The van der Waals surface area contributed by atoms with E-state index in [1.165, 1.54) is 18.5 Å². The summed E-state index contributed by atoms with van der Waals surface area (Å²) in [7, 11) is 1.72. The number of halogens is 2. The van der Waals surface area contributed by atoms with Crippen LogP contribution in [0.15, 0.2) is 28.5 Å². The zero-order chi connectivity index (χ0) is 14.7. The lowest BCUT2D eigenvalue weighted by Crippen LogP contribution is -2.21. The standard InChI is InChI=1S/C13H16F2N4S/c1-3-9(16)4-8-5-10(14)12(11(15)6-8)20-13-18-17-7-19(13)2/h5-7,9H,3-4,16H2,1-2H3. The van der Waals surface area contributed by atoms with Crippen molar-refractivity contribution < 1.29 is 8.78 Å². The molecule has 0 spiro atoms. The van der Waals surface area contributed by atoms with E-state index in [-0.39, 0.29) is 10.9 Å². The van der Waals surface area contributed by atoms with Crippen molar-refractivity contribution in [3.63, 3.8) is 0 Å². The highest BCUT2D eigenvalue weighted by Gasteiger charge is 2.16. The third-order valence-electron chi connectivity index (χ3n) is 2.94. The number of nitrogens with zero attached hydrogens (tertiary/aromatic N) is 3. The molecule has 1 aromatic heterocycles. The van der Waals surface area contributed by atoms with E-state index in [2.05, 4.69) is 10.2 Å². The molecule has 2 aromatic rings. The second-order valence-corrected chi connectivity index (χ2v) is 5.57. The van der Waals surface area contributed by atoms with E-state index in [0.717, 1.165) is 18.2 Å². The first-order chi connectivity index (χ1) is 9.51. The number of aromatic nitrogens is 3. The van der Waals surface area contributed by atoms with Gasteiger partial charge in [0.25, 0.3) is 0 Å². The highest BCUT2D eigenvalue weighted by Crippen LogP contribution is 2.31. The van der Waals surface area contributed by atoms with Crippen molar-refractivity contribution >= 4 is 11.8 Å². The van der Waals surface area contributed by atoms with E-state index in [1.807, 2.05) is 6.92 Å². The smallest absolute Gasteiger partial charge is 0.195 e. The fourth-order valence-electron chi connectivity index (χ4n) is 1.73. The van der Waals surface area contributed by atoms with Gasteiger partial charge in [0, 0.05) is 13.1 Å². The second kappa shape index (κ2) is 6.32. The van der Waals surface area contributed by atoms with Gasteiger partial charge < -0.3 is 10.3 Å². The minimum atomic E-state index is -0.601. The van der Waals surface area contributed by atoms with Gasteiger partial charge in [-0.05, 0) is 42.3 Å². The lowest BCUT2D eigenvalue weighted by molar-refractivity contribution is 0.533. The van der Waals surface area contributed by atoms with Crippen LogP contribution < -0.4 is 5.73 Å². The summed E-state index contributed by atoms with van der Waals surface area (Å²) in [6.07, 6.45) is 2.70. The molecule has 0 aliphatic carbocycles. The Bertz CT molecular complexity index is 577. The molecule has 0 fully saturated rings. The fourth-order valence-corrected chi connectivity index (χ4v) is 2.51. The van der Waals surface area contributed by atoms with Crippen molar-refractivity contribution in [2.45, 2.75) is 35.9 Å². The largest absolute Gasteiger partial charge is 0.327 e. The van der Waals surface area contributed by atoms with E-state index >= 15 is 0 Å². The molecule has 0 saturated heterocycles. The van der Waals surface area contributed by atoms with Gasteiger partial charge in [0.1, 0.15) is 18.0 Å². The predicted octanol–water partition coefficient (Wildman–Crippen LogP) is 2.52. The number of hydrogen-bond acceptors (Lipinski definition) is 4. The van der Waals surface area contributed by atoms with Crippen LogP contribution in [0.5, 0.6) is 0 Å². The van der Waals surface area contributed by atoms with Crippen LogP contribution in [0.25, 0.3) is 0 Å². The van der Waals surface area contributed by atoms with Gasteiger partial charge in [-0.2, -0.15) is 0 Å². The number of benzene rings is 1. The first-order valence-corrected chi connectivity index (χ1v) is 7.08. The molecule has 108 valence electrons. The van der Waals surface area contributed by atoms with Gasteiger partial charge in [-0.25, -0.2) is 8.78 Å². The zero-order valence-corrected chi connectivity index (χ0v) is 12.1. The summed E-state index contributed by atoms with van der Waals surface area (Å²) in [5.41, 5.74) is 6.37. The average molecular weight is 298 g/mol. The molecule has 0 aliphatic heterocycles. The van der Waals surface area contributed by atoms with Crippen LogP contribution in [-0.2, 0) is 13.5 Å². The monoisotopic (exact) mass is 298 g/mol. The molecule has 1 unspecified atom stereocenters. The van der Waals surface area contributed by atoms with Crippen molar-refractivity contribution in [2.24, 2.45) is 12.8 Å². The van der Waals surface area contributed by atoms with Crippen LogP contribution in [0.2, 0.25) is 0 Å².